The van der Waals surface area contributed by atoms with E-state index in [1.807, 2.05) is 30.3 Å². The number of nitrogens with one attached hydrogen (secondary N) is 2. The molecule has 1 aliphatic heterocycles. The van der Waals surface area contributed by atoms with Crippen LogP contribution in [0.15, 0.2) is 36.4 Å². The molecule has 0 spiro atoms. The summed E-state index contributed by atoms with van der Waals surface area (Å²) in [6.45, 7) is 1.15. The molecule has 5 rings (SSSR count). The fourth-order valence-corrected chi connectivity index (χ4v) is 6.16. The van der Waals surface area contributed by atoms with Gasteiger partial charge in [-0.2, -0.15) is 4.98 Å². The summed E-state index contributed by atoms with van der Waals surface area (Å²) in [5.41, 5.74) is 0.722. The number of nitrogens with zero attached hydrogens (tertiary/aromatic N) is 3. The number of aliphatic carboxylic acids is 1. The molecule has 2 unspecified atom stereocenters. The Morgan fingerprint density at radius 1 is 1.02 bits per heavy atom. The number of rotatable bonds is 11. The number of carboxylic acid groups (broad SMARTS) is 1. The first-order valence-electron chi connectivity index (χ1n) is 15.1. The number of ketones is 1. The lowest BCUT2D eigenvalue weighted by molar-refractivity contribution is -0.144. The predicted octanol–water partition coefficient (Wildman–Crippen LogP) is 2.99. The molecule has 3 aliphatic rings. The first kappa shape index (κ1) is 29.6. The van der Waals surface area contributed by atoms with Crippen LogP contribution < -0.4 is 15.4 Å². The Morgan fingerprint density at radius 2 is 1.74 bits per heavy atom. The van der Waals surface area contributed by atoms with Crippen LogP contribution in [0.25, 0.3) is 11.4 Å². The zero-order chi connectivity index (χ0) is 29.5. The van der Waals surface area contributed by atoms with Gasteiger partial charge in [-0.15, -0.1) is 0 Å². The van der Waals surface area contributed by atoms with E-state index in [2.05, 4.69) is 20.6 Å². The van der Waals surface area contributed by atoms with Gasteiger partial charge >= 0.3 is 5.97 Å². The second-order valence-electron chi connectivity index (χ2n) is 11.4. The molecule has 2 amide bonds. The van der Waals surface area contributed by atoms with E-state index in [1.165, 1.54) is 11.0 Å². The molecule has 42 heavy (non-hydrogen) atoms. The molecule has 11 heteroatoms. The lowest BCUT2D eigenvalue weighted by atomic mass is 9.93. The van der Waals surface area contributed by atoms with Crippen LogP contribution in [0, 0.1) is 5.92 Å². The zero-order valence-corrected chi connectivity index (χ0v) is 23.8. The van der Waals surface area contributed by atoms with Crippen molar-refractivity contribution in [3.63, 3.8) is 0 Å². The number of aromatic nitrogens is 2. The smallest absolute Gasteiger partial charge is 0.303 e. The quantitative estimate of drug-likeness (QED) is 0.366. The van der Waals surface area contributed by atoms with Crippen LogP contribution in [0.5, 0.6) is 5.88 Å². The summed E-state index contributed by atoms with van der Waals surface area (Å²) < 4.78 is 6.12. The highest BCUT2D eigenvalue weighted by Gasteiger charge is 2.39. The molecule has 224 valence electrons. The van der Waals surface area contributed by atoms with Crippen LogP contribution in [0.4, 0.5) is 0 Å². The Hall–Kier alpha value is -3.86. The maximum absolute atomic E-state index is 13.9. The van der Waals surface area contributed by atoms with Gasteiger partial charge in [-0.25, -0.2) is 4.98 Å². The van der Waals surface area contributed by atoms with Gasteiger partial charge in [0.1, 0.15) is 23.9 Å². The van der Waals surface area contributed by atoms with Crippen LogP contribution in [-0.2, 0) is 14.4 Å². The third kappa shape index (κ3) is 7.31. The third-order valence-corrected chi connectivity index (χ3v) is 8.42. The standard InChI is InChI=1S/C31H39N5O6/c37-27(38)15-14-23(31(41)36-17-16-32-19-25(36)28(39)20-8-4-5-9-20)34-30(40)24-18-26(42-22-12-6-7-13-22)35-29(33-24)21-10-2-1-3-11-21/h1-3,10-11,18,20,22-23,25,32H,4-9,12-17,19H2,(H,34,40)(H,37,38). The van der Waals surface area contributed by atoms with Crippen molar-refractivity contribution in [1.29, 1.82) is 0 Å². The molecule has 1 aromatic heterocycles. The molecule has 2 atom stereocenters. The van der Waals surface area contributed by atoms with E-state index in [4.69, 9.17) is 4.74 Å². The largest absolute Gasteiger partial charge is 0.481 e. The minimum Gasteiger partial charge on any atom is -0.481 e. The highest BCUT2D eigenvalue weighted by atomic mass is 16.5. The summed E-state index contributed by atoms with van der Waals surface area (Å²) in [5.74, 6) is -1.62. The Balaban J connectivity index is 1.39. The van der Waals surface area contributed by atoms with Gasteiger partial charge in [-0.3, -0.25) is 19.2 Å². The number of hydrogen-bond acceptors (Lipinski definition) is 8. The van der Waals surface area contributed by atoms with Crippen LogP contribution in [0.2, 0.25) is 0 Å². The number of benzene rings is 1. The minimum absolute atomic E-state index is 0.00590. The fourth-order valence-electron chi connectivity index (χ4n) is 6.16. The van der Waals surface area contributed by atoms with Gasteiger partial charge in [0, 0.05) is 43.6 Å². The molecule has 3 N–H and O–H groups in total. The second kappa shape index (κ2) is 13.9. The Bertz CT molecular complexity index is 1280. The van der Waals surface area contributed by atoms with E-state index >= 15 is 0 Å². The van der Waals surface area contributed by atoms with Crippen molar-refractivity contribution in [2.75, 3.05) is 19.6 Å². The second-order valence-corrected chi connectivity index (χ2v) is 11.4. The summed E-state index contributed by atoms with van der Waals surface area (Å²) >= 11 is 0. The summed E-state index contributed by atoms with van der Waals surface area (Å²) in [6, 6.07) is 8.92. The maximum atomic E-state index is 13.9. The van der Waals surface area contributed by atoms with Gasteiger partial charge in [0.05, 0.1) is 0 Å². The molecular formula is C31H39N5O6. The molecule has 11 nitrogen and oxygen atoms in total. The molecule has 3 fully saturated rings. The summed E-state index contributed by atoms with van der Waals surface area (Å²) in [7, 11) is 0. The predicted molar refractivity (Wildman–Crippen MR) is 154 cm³/mol. The van der Waals surface area contributed by atoms with E-state index in [0.717, 1.165) is 51.4 Å². The first-order valence-corrected chi connectivity index (χ1v) is 15.1. The van der Waals surface area contributed by atoms with E-state index in [9.17, 15) is 24.3 Å². The Labute approximate surface area is 245 Å². The van der Waals surface area contributed by atoms with Gasteiger partial charge in [-0.05, 0) is 44.9 Å². The number of ether oxygens (including phenoxy) is 1. The lowest BCUT2D eigenvalue weighted by Gasteiger charge is -2.38. The molecule has 0 bridgehead atoms. The van der Waals surface area contributed by atoms with Crippen molar-refractivity contribution in [3.05, 3.63) is 42.1 Å². The number of carbonyl (C=O) groups is 4. The summed E-state index contributed by atoms with van der Waals surface area (Å²) in [6.07, 6.45) is 7.15. The number of amides is 2. The van der Waals surface area contributed by atoms with Gasteiger partial charge in [0.25, 0.3) is 5.91 Å². The maximum Gasteiger partial charge on any atom is 0.303 e. The molecular weight excluding hydrogens is 538 g/mol. The highest BCUT2D eigenvalue weighted by Crippen LogP contribution is 2.29. The first-order chi connectivity index (χ1) is 20.4. The van der Waals surface area contributed by atoms with Crippen molar-refractivity contribution in [1.82, 2.24) is 25.5 Å². The van der Waals surface area contributed by atoms with Crippen molar-refractivity contribution in [2.45, 2.75) is 82.4 Å². The fraction of sp³-hybridized carbons (Fsp3) is 0.548. The molecule has 2 aliphatic carbocycles. The third-order valence-electron chi connectivity index (χ3n) is 8.42. The monoisotopic (exact) mass is 577 g/mol. The number of Topliss-reactive ketones (excluding diaryl/α,β-unsaturated/α-hetero) is 1. The molecule has 2 heterocycles. The molecule has 2 saturated carbocycles. The number of hydrogen-bond donors (Lipinski definition) is 3. The van der Waals surface area contributed by atoms with Gasteiger partial charge in [0.15, 0.2) is 11.6 Å². The van der Waals surface area contributed by atoms with E-state index in [-0.39, 0.29) is 42.2 Å². The van der Waals surface area contributed by atoms with E-state index in [1.54, 1.807) is 0 Å². The van der Waals surface area contributed by atoms with Gasteiger partial charge in [0.2, 0.25) is 11.8 Å². The van der Waals surface area contributed by atoms with Crippen molar-refractivity contribution < 1.29 is 29.0 Å². The average Bonchev–Trinajstić information content (AvgIpc) is 3.74. The number of carbonyl (C=O) groups excluding carboxylic acids is 3. The Morgan fingerprint density at radius 3 is 2.45 bits per heavy atom. The topological polar surface area (TPSA) is 151 Å². The van der Waals surface area contributed by atoms with Crippen molar-refractivity contribution in [2.24, 2.45) is 5.92 Å². The Kier molecular flexibility index (Phi) is 9.78. The van der Waals surface area contributed by atoms with Crippen LogP contribution in [0.3, 0.4) is 0 Å². The molecule has 0 radical (unpaired) electrons. The van der Waals surface area contributed by atoms with Gasteiger partial charge in [-0.1, -0.05) is 43.2 Å². The van der Waals surface area contributed by atoms with Gasteiger partial charge < -0.3 is 25.4 Å². The minimum atomic E-state index is -1.14. The van der Waals surface area contributed by atoms with E-state index in [0.29, 0.717) is 31.0 Å². The molecule has 1 saturated heterocycles. The highest BCUT2D eigenvalue weighted by molar-refractivity contribution is 5.98. The average molecular weight is 578 g/mol. The summed E-state index contributed by atoms with van der Waals surface area (Å²) in [5, 5.41) is 15.3. The van der Waals surface area contributed by atoms with Crippen LogP contribution in [-0.4, -0.2) is 81.4 Å². The van der Waals surface area contributed by atoms with Crippen LogP contribution >= 0.6 is 0 Å². The lowest BCUT2D eigenvalue weighted by Crippen LogP contribution is -2.61. The van der Waals surface area contributed by atoms with E-state index < -0.39 is 29.9 Å². The van der Waals surface area contributed by atoms with Crippen LogP contribution in [0.1, 0.15) is 74.7 Å². The molecule has 1 aromatic carbocycles. The zero-order valence-electron chi connectivity index (χ0n) is 23.8. The normalized spacial score (nSPS) is 20.3. The van der Waals surface area contributed by atoms with Crippen molar-refractivity contribution in [3.8, 4) is 17.3 Å². The van der Waals surface area contributed by atoms with Crippen molar-refractivity contribution >= 4 is 23.6 Å². The summed E-state index contributed by atoms with van der Waals surface area (Å²) in [4.78, 5) is 62.9. The number of piperazine rings is 1. The number of carboxylic acids is 1. The SMILES string of the molecule is O=C(O)CCC(NC(=O)c1cc(OC2CCCC2)nc(-c2ccccc2)n1)C(=O)N1CCNCC1C(=O)C1CCCC1. The molecule has 2 aromatic rings.